The fourth-order valence-electron chi connectivity index (χ4n) is 1.38. The van der Waals surface area contributed by atoms with E-state index in [1.165, 1.54) is 24.1 Å². The maximum atomic E-state index is 11.4. The van der Waals surface area contributed by atoms with Crippen LogP contribution >= 0.6 is 0 Å². The van der Waals surface area contributed by atoms with Crippen molar-refractivity contribution < 1.29 is 14.6 Å². The lowest BCUT2D eigenvalue weighted by Crippen LogP contribution is -2.02. The smallest absolute Gasteiger partial charge is 0.338 e. The molecule has 6 heteroatoms. The molecule has 2 aromatic heterocycles. The first-order valence-corrected chi connectivity index (χ1v) is 4.23. The third-order valence-electron chi connectivity index (χ3n) is 2.10. The molecule has 0 saturated carbocycles. The number of esters is 1. The number of carbonyl (C=O) groups excluding carboxylic acids is 1. The number of pyridine rings is 1. The van der Waals surface area contributed by atoms with Crippen molar-refractivity contribution in [1.29, 1.82) is 0 Å². The molecule has 15 heavy (non-hydrogen) atoms. The van der Waals surface area contributed by atoms with Crippen molar-refractivity contribution in [1.82, 2.24) is 14.8 Å². The van der Waals surface area contributed by atoms with Crippen LogP contribution in [0.2, 0.25) is 0 Å². The molecular formula is C9H9N3O3. The molecule has 78 valence electrons. The second kappa shape index (κ2) is 3.23. The summed E-state index contributed by atoms with van der Waals surface area (Å²) in [5.74, 6) is -0.753. The summed E-state index contributed by atoms with van der Waals surface area (Å²) in [7, 11) is 2.96. The normalized spacial score (nSPS) is 10.5. The average molecular weight is 207 g/mol. The fraction of sp³-hybridized carbons (Fsp3) is 0.222. The van der Waals surface area contributed by atoms with E-state index >= 15 is 0 Å². The van der Waals surface area contributed by atoms with Crippen molar-refractivity contribution in [3.63, 3.8) is 0 Å². The second-order valence-corrected chi connectivity index (χ2v) is 3.03. The maximum Gasteiger partial charge on any atom is 0.338 e. The summed E-state index contributed by atoms with van der Waals surface area (Å²) in [6, 6.07) is 1.26. The van der Waals surface area contributed by atoms with Gasteiger partial charge in [0, 0.05) is 13.1 Å². The zero-order valence-corrected chi connectivity index (χ0v) is 8.26. The summed E-state index contributed by atoms with van der Waals surface area (Å²) in [4.78, 5) is 15.3. The van der Waals surface area contributed by atoms with Crippen LogP contribution in [0.25, 0.3) is 11.0 Å². The first kappa shape index (κ1) is 9.45. The monoisotopic (exact) mass is 207 g/mol. The van der Waals surface area contributed by atoms with Crippen LogP contribution in [-0.4, -0.2) is 33.0 Å². The van der Waals surface area contributed by atoms with E-state index in [0.717, 1.165) is 0 Å². The van der Waals surface area contributed by atoms with E-state index in [1.54, 1.807) is 7.05 Å². The Hall–Kier alpha value is -2.11. The summed E-state index contributed by atoms with van der Waals surface area (Å²) in [5.41, 5.74) is 0.698. The molecule has 0 fully saturated rings. The lowest BCUT2D eigenvalue weighted by Gasteiger charge is -2.01. The highest BCUT2D eigenvalue weighted by Gasteiger charge is 2.15. The van der Waals surface area contributed by atoms with Crippen LogP contribution in [0, 0.1) is 0 Å². The highest BCUT2D eigenvalue weighted by atomic mass is 16.5. The number of rotatable bonds is 1. The maximum absolute atomic E-state index is 11.4. The molecule has 2 heterocycles. The molecule has 1 N–H and O–H groups in total. The number of methoxy groups -OCH3 is 1. The highest BCUT2D eigenvalue weighted by Crippen LogP contribution is 2.21. The molecular weight excluding hydrogens is 198 g/mol. The van der Waals surface area contributed by atoms with E-state index in [9.17, 15) is 9.90 Å². The Bertz CT molecular complexity index is 533. The third-order valence-corrected chi connectivity index (χ3v) is 2.10. The molecule has 2 rings (SSSR count). The van der Waals surface area contributed by atoms with E-state index in [2.05, 4.69) is 14.8 Å². The SMILES string of the molecule is COC(=O)c1cc(O)nc2c1cnn2C. The number of fused-ring (bicyclic) bond motifs is 1. The molecule has 0 atom stereocenters. The van der Waals surface area contributed by atoms with E-state index in [1.807, 2.05) is 0 Å². The lowest BCUT2D eigenvalue weighted by atomic mass is 10.2. The Morgan fingerprint density at radius 1 is 1.60 bits per heavy atom. The van der Waals surface area contributed by atoms with Gasteiger partial charge in [0.1, 0.15) is 0 Å². The van der Waals surface area contributed by atoms with Crippen molar-refractivity contribution in [3.8, 4) is 5.88 Å². The van der Waals surface area contributed by atoms with Crippen LogP contribution in [-0.2, 0) is 11.8 Å². The Labute approximate surface area is 85.1 Å². The molecule has 6 nitrogen and oxygen atoms in total. The van der Waals surface area contributed by atoms with Crippen LogP contribution in [0.15, 0.2) is 12.3 Å². The molecule has 0 aliphatic carbocycles. The van der Waals surface area contributed by atoms with Gasteiger partial charge in [-0.05, 0) is 0 Å². The van der Waals surface area contributed by atoms with Gasteiger partial charge in [-0.3, -0.25) is 4.68 Å². The number of carbonyl (C=O) groups is 1. The molecule has 2 aromatic rings. The molecule has 0 aliphatic rings. The van der Waals surface area contributed by atoms with Gasteiger partial charge in [-0.15, -0.1) is 0 Å². The summed E-state index contributed by atoms with van der Waals surface area (Å²) in [5, 5.41) is 13.8. The zero-order chi connectivity index (χ0) is 11.0. The second-order valence-electron chi connectivity index (χ2n) is 3.03. The number of hydrogen-bond acceptors (Lipinski definition) is 5. The Kier molecular flexibility index (Phi) is 2.03. The van der Waals surface area contributed by atoms with Crippen molar-refractivity contribution in [2.24, 2.45) is 7.05 Å². The zero-order valence-electron chi connectivity index (χ0n) is 8.26. The third kappa shape index (κ3) is 1.39. The number of ether oxygens (including phenoxy) is 1. The number of aromatic nitrogens is 3. The van der Waals surface area contributed by atoms with Crippen LogP contribution in [0.3, 0.4) is 0 Å². The molecule has 0 unspecified atom stereocenters. The van der Waals surface area contributed by atoms with Crippen LogP contribution < -0.4 is 0 Å². The van der Waals surface area contributed by atoms with Crippen molar-refractivity contribution in [2.75, 3.05) is 7.11 Å². The van der Waals surface area contributed by atoms with Gasteiger partial charge in [0.05, 0.1) is 24.3 Å². The van der Waals surface area contributed by atoms with Gasteiger partial charge >= 0.3 is 5.97 Å². The Balaban J connectivity index is 2.78. The molecule has 0 bridgehead atoms. The number of hydrogen-bond donors (Lipinski definition) is 1. The van der Waals surface area contributed by atoms with Gasteiger partial charge in [-0.25, -0.2) is 4.79 Å². The van der Waals surface area contributed by atoms with Crippen LogP contribution in [0.1, 0.15) is 10.4 Å². The van der Waals surface area contributed by atoms with Crippen LogP contribution in [0.5, 0.6) is 5.88 Å². The quantitative estimate of drug-likeness (QED) is 0.687. The average Bonchev–Trinajstić information content (AvgIpc) is 2.58. The highest BCUT2D eigenvalue weighted by molar-refractivity contribution is 6.02. The van der Waals surface area contributed by atoms with Gasteiger partial charge < -0.3 is 9.84 Å². The molecule has 0 spiro atoms. The predicted molar refractivity (Wildman–Crippen MR) is 51.5 cm³/mol. The van der Waals surface area contributed by atoms with Crippen molar-refractivity contribution in [2.45, 2.75) is 0 Å². The Morgan fingerprint density at radius 3 is 3.00 bits per heavy atom. The topological polar surface area (TPSA) is 77.2 Å². The summed E-state index contributed by atoms with van der Waals surface area (Å²) in [6.45, 7) is 0. The molecule has 0 aliphatic heterocycles. The van der Waals surface area contributed by atoms with Crippen molar-refractivity contribution in [3.05, 3.63) is 17.8 Å². The molecule has 0 aromatic carbocycles. The van der Waals surface area contributed by atoms with E-state index in [0.29, 0.717) is 11.0 Å². The van der Waals surface area contributed by atoms with E-state index in [4.69, 9.17) is 0 Å². The molecule has 0 saturated heterocycles. The first-order chi connectivity index (χ1) is 7.13. The standard InChI is InChI=1S/C9H9N3O3/c1-12-8-6(4-10-12)5(9(14)15-2)3-7(13)11-8/h3-4H,1-2H3,(H,11,13). The van der Waals surface area contributed by atoms with E-state index in [-0.39, 0.29) is 11.4 Å². The number of aromatic hydroxyl groups is 1. The largest absolute Gasteiger partial charge is 0.493 e. The van der Waals surface area contributed by atoms with E-state index < -0.39 is 5.97 Å². The molecule has 0 amide bonds. The van der Waals surface area contributed by atoms with Gasteiger partial charge in [-0.1, -0.05) is 0 Å². The minimum Gasteiger partial charge on any atom is -0.493 e. The minimum atomic E-state index is -0.522. The summed E-state index contributed by atoms with van der Waals surface area (Å²) in [6.07, 6.45) is 1.51. The number of aryl methyl sites for hydroxylation is 1. The predicted octanol–water partition coefficient (Wildman–Crippen LogP) is 0.460. The first-order valence-electron chi connectivity index (χ1n) is 4.23. The summed E-state index contributed by atoms with van der Waals surface area (Å²) < 4.78 is 6.07. The summed E-state index contributed by atoms with van der Waals surface area (Å²) >= 11 is 0. The fourth-order valence-corrected chi connectivity index (χ4v) is 1.38. The van der Waals surface area contributed by atoms with Gasteiger partial charge in [0.15, 0.2) is 5.65 Å². The van der Waals surface area contributed by atoms with Gasteiger partial charge in [-0.2, -0.15) is 10.1 Å². The number of nitrogens with zero attached hydrogens (tertiary/aromatic N) is 3. The lowest BCUT2D eigenvalue weighted by molar-refractivity contribution is 0.0602. The van der Waals surface area contributed by atoms with Gasteiger partial charge in [0.2, 0.25) is 5.88 Å². The molecule has 0 radical (unpaired) electrons. The minimum absolute atomic E-state index is 0.230. The Morgan fingerprint density at radius 2 is 2.33 bits per heavy atom. The van der Waals surface area contributed by atoms with Crippen LogP contribution in [0.4, 0.5) is 0 Å². The van der Waals surface area contributed by atoms with Gasteiger partial charge in [0.25, 0.3) is 0 Å². The van der Waals surface area contributed by atoms with Crippen molar-refractivity contribution >= 4 is 17.0 Å².